The Labute approximate surface area is 99.5 Å². The molecule has 6 heteroatoms. The standard InChI is InChI=1S/C11H15N5O/c1-2-5-17-11-6-9(15-8-16-11)14-7-10-12-3-4-13-10/h3-4,6,8H,2,5,7H2,1H3,(H,12,13)(H,14,15,16). The van der Waals surface area contributed by atoms with E-state index in [9.17, 15) is 0 Å². The number of nitrogens with zero attached hydrogens (tertiary/aromatic N) is 3. The second kappa shape index (κ2) is 5.83. The van der Waals surface area contributed by atoms with Crippen molar-refractivity contribution in [2.24, 2.45) is 0 Å². The van der Waals surface area contributed by atoms with E-state index in [1.165, 1.54) is 6.33 Å². The number of nitrogens with one attached hydrogen (secondary N) is 2. The van der Waals surface area contributed by atoms with Gasteiger partial charge in [-0.2, -0.15) is 0 Å². The molecule has 0 aliphatic heterocycles. The summed E-state index contributed by atoms with van der Waals surface area (Å²) >= 11 is 0. The van der Waals surface area contributed by atoms with Crippen LogP contribution >= 0.6 is 0 Å². The highest BCUT2D eigenvalue weighted by molar-refractivity contribution is 5.37. The Balaban J connectivity index is 1.91. The average molecular weight is 233 g/mol. The van der Waals surface area contributed by atoms with Gasteiger partial charge in [0, 0.05) is 18.5 Å². The maximum Gasteiger partial charge on any atom is 0.218 e. The van der Waals surface area contributed by atoms with Crippen LogP contribution in [0, 0.1) is 0 Å². The molecular weight excluding hydrogens is 218 g/mol. The molecule has 0 aliphatic carbocycles. The molecule has 2 aromatic rings. The lowest BCUT2D eigenvalue weighted by molar-refractivity contribution is 0.305. The molecule has 0 bridgehead atoms. The number of hydrogen-bond donors (Lipinski definition) is 2. The van der Waals surface area contributed by atoms with Crippen LogP contribution in [0.3, 0.4) is 0 Å². The Kier molecular flexibility index (Phi) is 3.90. The van der Waals surface area contributed by atoms with Gasteiger partial charge >= 0.3 is 0 Å². The van der Waals surface area contributed by atoms with Gasteiger partial charge in [0.15, 0.2) is 0 Å². The predicted molar refractivity (Wildman–Crippen MR) is 63.7 cm³/mol. The zero-order valence-electron chi connectivity index (χ0n) is 9.68. The van der Waals surface area contributed by atoms with E-state index in [4.69, 9.17) is 4.74 Å². The number of imidazole rings is 1. The molecule has 2 rings (SSSR count). The lowest BCUT2D eigenvalue weighted by atomic mass is 10.5. The van der Waals surface area contributed by atoms with Gasteiger partial charge in [-0.3, -0.25) is 0 Å². The lowest BCUT2D eigenvalue weighted by Crippen LogP contribution is -2.04. The first-order valence-corrected chi connectivity index (χ1v) is 5.55. The third kappa shape index (κ3) is 3.44. The van der Waals surface area contributed by atoms with Crippen molar-refractivity contribution in [2.45, 2.75) is 19.9 Å². The van der Waals surface area contributed by atoms with Crippen molar-refractivity contribution in [2.75, 3.05) is 11.9 Å². The normalized spacial score (nSPS) is 10.2. The van der Waals surface area contributed by atoms with Crippen molar-refractivity contribution in [3.8, 4) is 5.88 Å². The minimum atomic E-state index is 0.587. The number of hydrogen-bond acceptors (Lipinski definition) is 5. The van der Waals surface area contributed by atoms with Crippen LogP contribution in [0.4, 0.5) is 5.82 Å². The first-order valence-electron chi connectivity index (χ1n) is 5.55. The molecule has 0 aliphatic rings. The van der Waals surface area contributed by atoms with Gasteiger partial charge in [-0.15, -0.1) is 0 Å². The van der Waals surface area contributed by atoms with E-state index in [0.29, 0.717) is 19.0 Å². The second-order valence-electron chi connectivity index (χ2n) is 3.48. The summed E-state index contributed by atoms with van der Waals surface area (Å²) in [6.45, 7) is 3.31. The summed E-state index contributed by atoms with van der Waals surface area (Å²) in [6, 6.07) is 1.78. The van der Waals surface area contributed by atoms with E-state index in [0.717, 1.165) is 18.1 Å². The average Bonchev–Trinajstić information content (AvgIpc) is 2.87. The summed E-state index contributed by atoms with van der Waals surface area (Å²) < 4.78 is 5.42. The second-order valence-corrected chi connectivity index (χ2v) is 3.48. The number of ether oxygens (including phenoxy) is 1. The van der Waals surface area contributed by atoms with E-state index in [1.807, 2.05) is 0 Å². The van der Waals surface area contributed by atoms with Gasteiger partial charge in [-0.1, -0.05) is 6.92 Å². The first kappa shape index (κ1) is 11.4. The van der Waals surface area contributed by atoms with Gasteiger partial charge in [-0.25, -0.2) is 15.0 Å². The number of aromatic nitrogens is 4. The van der Waals surface area contributed by atoms with Crippen LogP contribution in [0.2, 0.25) is 0 Å². The van der Waals surface area contributed by atoms with E-state index >= 15 is 0 Å². The van der Waals surface area contributed by atoms with E-state index in [-0.39, 0.29) is 0 Å². The Morgan fingerprint density at radius 3 is 3.06 bits per heavy atom. The highest BCUT2D eigenvalue weighted by Crippen LogP contribution is 2.11. The molecule has 2 N–H and O–H groups in total. The smallest absolute Gasteiger partial charge is 0.218 e. The van der Waals surface area contributed by atoms with Crippen molar-refractivity contribution in [1.29, 1.82) is 0 Å². The van der Waals surface area contributed by atoms with Crippen LogP contribution in [0.1, 0.15) is 19.2 Å². The highest BCUT2D eigenvalue weighted by Gasteiger charge is 2.00. The molecule has 0 saturated heterocycles. The minimum absolute atomic E-state index is 0.587. The van der Waals surface area contributed by atoms with E-state index in [1.54, 1.807) is 18.5 Å². The van der Waals surface area contributed by atoms with E-state index in [2.05, 4.69) is 32.2 Å². The molecule has 0 saturated carbocycles. The fraction of sp³-hybridized carbons (Fsp3) is 0.364. The van der Waals surface area contributed by atoms with Gasteiger partial charge in [0.2, 0.25) is 5.88 Å². The largest absolute Gasteiger partial charge is 0.478 e. The maximum absolute atomic E-state index is 5.42. The zero-order valence-corrected chi connectivity index (χ0v) is 9.68. The maximum atomic E-state index is 5.42. The van der Waals surface area contributed by atoms with Crippen molar-refractivity contribution in [3.63, 3.8) is 0 Å². The summed E-state index contributed by atoms with van der Waals surface area (Å²) in [5.41, 5.74) is 0. The van der Waals surface area contributed by atoms with E-state index < -0.39 is 0 Å². The molecule has 0 aromatic carbocycles. The van der Waals surface area contributed by atoms with Crippen molar-refractivity contribution >= 4 is 5.82 Å². The molecule has 0 spiro atoms. The molecule has 6 nitrogen and oxygen atoms in total. The lowest BCUT2D eigenvalue weighted by Gasteiger charge is -2.06. The minimum Gasteiger partial charge on any atom is -0.478 e. The van der Waals surface area contributed by atoms with Gasteiger partial charge < -0.3 is 15.0 Å². The van der Waals surface area contributed by atoms with Crippen LogP contribution in [0.25, 0.3) is 0 Å². The molecule has 2 heterocycles. The first-order chi connectivity index (χ1) is 8.38. The van der Waals surface area contributed by atoms with Gasteiger partial charge in [-0.05, 0) is 6.42 Å². The molecular formula is C11H15N5O. The Bertz CT molecular complexity index is 443. The van der Waals surface area contributed by atoms with Crippen molar-refractivity contribution in [3.05, 3.63) is 30.6 Å². The molecule has 0 radical (unpaired) electrons. The SMILES string of the molecule is CCCOc1cc(NCc2ncc[nH]2)ncn1. The van der Waals surface area contributed by atoms with Crippen LogP contribution in [-0.2, 0) is 6.54 Å². The third-order valence-electron chi connectivity index (χ3n) is 2.09. The monoisotopic (exact) mass is 233 g/mol. The zero-order chi connectivity index (χ0) is 11.9. The quantitative estimate of drug-likeness (QED) is 0.792. The predicted octanol–water partition coefficient (Wildman–Crippen LogP) is 1.60. The molecule has 2 aromatic heterocycles. The summed E-state index contributed by atoms with van der Waals surface area (Å²) in [6.07, 6.45) is 5.94. The Hall–Kier alpha value is -2.11. The molecule has 0 fully saturated rings. The number of H-pyrrole nitrogens is 1. The summed E-state index contributed by atoms with van der Waals surface area (Å²) in [5.74, 6) is 2.17. The molecule has 90 valence electrons. The number of aromatic amines is 1. The Morgan fingerprint density at radius 2 is 2.29 bits per heavy atom. The Morgan fingerprint density at radius 1 is 1.35 bits per heavy atom. The molecule has 0 atom stereocenters. The fourth-order valence-electron chi connectivity index (χ4n) is 1.29. The van der Waals surface area contributed by atoms with Crippen LogP contribution in [0.15, 0.2) is 24.8 Å². The molecule has 0 amide bonds. The van der Waals surface area contributed by atoms with Crippen LogP contribution < -0.4 is 10.1 Å². The number of anilines is 1. The third-order valence-corrected chi connectivity index (χ3v) is 2.09. The molecule has 0 unspecified atom stereocenters. The number of rotatable bonds is 6. The van der Waals surface area contributed by atoms with Gasteiger partial charge in [0.1, 0.15) is 18.0 Å². The molecule has 17 heavy (non-hydrogen) atoms. The van der Waals surface area contributed by atoms with Gasteiger partial charge in [0.05, 0.1) is 13.2 Å². The summed E-state index contributed by atoms with van der Waals surface area (Å²) in [7, 11) is 0. The highest BCUT2D eigenvalue weighted by atomic mass is 16.5. The summed E-state index contributed by atoms with van der Waals surface area (Å²) in [4.78, 5) is 15.2. The fourth-order valence-corrected chi connectivity index (χ4v) is 1.29. The van der Waals surface area contributed by atoms with Crippen molar-refractivity contribution in [1.82, 2.24) is 19.9 Å². The van der Waals surface area contributed by atoms with Crippen LogP contribution in [-0.4, -0.2) is 26.5 Å². The van der Waals surface area contributed by atoms with Crippen molar-refractivity contribution < 1.29 is 4.74 Å². The van der Waals surface area contributed by atoms with Gasteiger partial charge in [0.25, 0.3) is 0 Å². The topological polar surface area (TPSA) is 75.7 Å². The summed E-state index contributed by atoms with van der Waals surface area (Å²) in [5, 5.41) is 3.14. The van der Waals surface area contributed by atoms with Crippen LogP contribution in [0.5, 0.6) is 5.88 Å².